The zero-order valence-corrected chi connectivity index (χ0v) is 13.7. The fraction of sp³-hybridized carbons (Fsp3) is 0.111. The lowest BCUT2D eigenvalue weighted by molar-refractivity contribution is 0.893. The molecule has 0 radical (unpaired) electrons. The minimum absolute atomic E-state index is 0.836. The first kappa shape index (κ1) is 14.8. The average Bonchev–Trinajstić information content (AvgIpc) is 3.08. The molecule has 0 saturated heterocycles. The highest BCUT2D eigenvalue weighted by Crippen LogP contribution is 2.26. The first-order chi connectivity index (χ1) is 11.9. The summed E-state index contributed by atoms with van der Waals surface area (Å²) in [4.78, 5) is 12.9. The van der Waals surface area contributed by atoms with Gasteiger partial charge in [-0.3, -0.25) is 4.98 Å². The minimum Gasteiger partial charge on any atom is -0.265 e. The van der Waals surface area contributed by atoms with E-state index >= 15 is 0 Å². The van der Waals surface area contributed by atoms with Gasteiger partial charge >= 0.3 is 0 Å². The van der Waals surface area contributed by atoms with Crippen LogP contribution >= 0.6 is 11.8 Å². The first-order valence-electron chi connectivity index (χ1n) is 7.68. The maximum Gasteiger partial charge on any atom is 0.167 e. The fourth-order valence-corrected chi connectivity index (χ4v) is 3.46. The standard InChI is InChI=1S/C18H15N5S/c1-2-4-15(5-3-1)23-17-16(12-22-23)18(21-13-20-17)24-11-8-14-6-9-19-10-7-14/h1-7,9-10,12-13H,8,11H2. The van der Waals surface area contributed by atoms with Gasteiger partial charge in [0, 0.05) is 18.1 Å². The fourth-order valence-electron chi connectivity index (χ4n) is 2.51. The van der Waals surface area contributed by atoms with Gasteiger partial charge in [-0.25, -0.2) is 14.6 Å². The van der Waals surface area contributed by atoms with E-state index in [0.29, 0.717) is 0 Å². The second kappa shape index (κ2) is 6.80. The molecule has 24 heavy (non-hydrogen) atoms. The lowest BCUT2D eigenvalue weighted by atomic mass is 10.2. The number of rotatable bonds is 5. The molecule has 6 heteroatoms. The molecule has 0 aliphatic rings. The van der Waals surface area contributed by atoms with Gasteiger partial charge in [-0.1, -0.05) is 18.2 Å². The number of pyridine rings is 1. The number of fused-ring (bicyclic) bond motifs is 1. The highest BCUT2D eigenvalue weighted by molar-refractivity contribution is 7.99. The van der Waals surface area contributed by atoms with Crippen LogP contribution in [0, 0.1) is 0 Å². The molecule has 0 N–H and O–H groups in total. The van der Waals surface area contributed by atoms with Crippen LogP contribution in [0.2, 0.25) is 0 Å². The summed E-state index contributed by atoms with van der Waals surface area (Å²) in [5, 5.41) is 6.44. The molecule has 0 spiro atoms. The number of para-hydroxylation sites is 1. The smallest absolute Gasteiger partial charge is 0.167 e. The van der Waals surface area contributed by atoms with Crippen molar-refractivity contribution in [2.24, 2.45) is 0 Å². The number of hydrogen-bond acceptors (Lipinski definition) is 5. The number of aryl methyl sites for hydroxylation is 1. The van der Waals surface area contributed by atoms with Crippen LogP contribution in [-0.4, -0.2) is 30.5 Å². The second-order valence-corrected chi connectivity index (χ2v) is 6.35. The van der Waals surface area contributed by atoms with Gasteiger partial charge in [-0.2, -0.15) is 5.10 Å². The van der Waals surface area contributed by atoms with Gasteiger partial charge in [-0.15, -0.1) is 11.8 Å². The Morgan fingerprint density at radius 3 is 2.62 bits per heavy atom. The van der Waals surface area contributed by atoms with Crippen LogP contribution in [0.3, 0.4) is 0 Å². The van der Waals surface area contributed by atoms with Crippen LogP contribution in [-0.2, 0) is 6.42 Å². The second-order valence-electron chi connectivity index (χ2n) is 5.26. The highest BCUT2D eigenvalue weighted by Gasteiger charge is 2.11. The summed E-state index contributed by atoms with van der Waals surface area (Å²) >= 11 is 1.73. The number of hydrogen-bond donors (Lipinski definition) is 0. The van der Waals surface area contributed by atoms with Crippen LogP contribution < -0.4 is 0 Å². The normalized spacial score (nSPS) is 11.0. The molecule has 3 heterocycles. The molecule has 0 amide bonds. The number of aromatic nitrogens is 5. The van der Waals surface area contributed by atoms with Gasteiger partial charge in [0.05, 0.1) is 17.3 Å². The molecule has 0 atom stereocenters. The van der Waals surface area contributed by atoms with E-state index in [1.165, 1.54) is 5.56 Å². The molecule has 0 aliphatic heterocycles. The Morgan fingerprint density at radius 1 is 0.958 bits per heavy atom. The average molecular weight is 333 g/mol. The molecule has 0 unspecified atom stereocenters. The first-order valence-corrected chi connectivity index (χ1v) is 8.66. The van der Waals surface area contributed by atoms with Gasteiger partial charge in [0.1, 0.15) is 11.4 Å². The maximum absolute atomic E-state index is 4.49. The maximum atomic E-state index is 4.49. The van der Waals surface area contributed by atoms with E-state index in [0.717, 1.165) is 33.9 Å². The van der Waals surface area contributed by atoms with Crippen molar-refractivity contribution in [3.05, 3.63) is 72.9 Å². The topological polar surface area (TPSA) is 56.5 Å². The third-order valence-corrected chi connectivity index (χ3v) is 4.72. The van der Waals surface area contributed by atoms with Crippen LogP contribution in [0.25, 0.3) is 16.7 Å². The number of benzene rings is 1. The van der Waals surface area contributed by atoms with Crippen LogP contribution in [0.4, 0.5) is 0 Å². The van der Waals surface area contributed by atoms with Crippen molar-refractivity contribution in [2.75, 3.05) is 5.75 Å². The van der Waals surface area contributed by atoms with E-state index in [1.54, 1.807) is 18.1 Å². The van der Waals surface area contributed by atoms with Gasteiger partial charge in [-0.05, 0) is 36.2 Å². The molecular weight excluding hydrogens is 318 g/mol. The summed E-state index contributed by atoms with van der Waals surface area (Å²) in [6.07, 6.45) is 8.08. The predicted octanol–water partition coefficient (Wildman–Crippen LogP) is 3.55. The Hall–Kier alpha value is -2.73. The molecule has 1 aromatic carbocycles. The highest BCUT2D eigenvalue weighted by atomic mass is 32.2. The monoisotopic (exact) mass is 333 g/mol. The summed E-state index contributed by atoms with van der Waals surface area (Å²) in [5.74, 6) is 0.951. The quantitative estimate of drug-likeness (QED) is 0.413. The lowest BCUT2D eigenvalue weighted by Gasteiger charge is -2.04. The molecular formula is C18H15N5S. The Labute approximate surface area is 143 Å². The van der Waals surface area contributed by atoms with Crippen molar-refractivity contribution in [1.29, 1.82) is 0 Å². The third kappa shape index (κ3) is 3.00. The molecule has 0 aliphatic carbocycles. The van der Waals surface area contributed by atoms with Crippen LogP contribution in [0.1, 0.15) is 5.56 Å². The van der Waals surface area contributed by atoms with Crippen molar-refractivity contribution in [3.63, 3.8) is 0 Å². The molecule has 4 aromatic rings. The van der Waals surface area contributed by atoms with Crippen LogP contribution in [0.15, 0.2) is 72.4 Å². The summed E-state index contributed by atoms with van der Waals surface area (Å²) < 4.78 is 1.85. The third-order valence-electron chi connectivity index (χ3n) is 3.71. The van der Waals surface area contributed by atoms with Crippen molar-refractivity contribution in [2.45, 2.75) is 11.4 Å². The van der Waals surface area contributed by atoms with Gasteiger partial charge in [0.25, 0.3) is 0 Å². The molecule has 0 fully saturated rings. The van der Waals surface area contributed by atoms with Crippen LogP contribution in [0.5, 0.6) is 0 Å². The Balaban J connectivity index is 1.57. The Morgan fingerprint density at radius 2 is 1.79 bits per heavy atom. The van der Waals surface area contributed by atoms with Crippen molar-refractivity contribution >= 4 is 22.8 Å². The summed E-state index contributed by atoms with van der Waals surface area (Å²) in [5.41, 5.74) is 3.12. The predicted molar refractivity (Wildman–Crippen MR) is 95.3 cm³/mol. The number of nitrogens with zero attached hydrogens (tertiary/aromatic N) is 5. The van der Waals surface area contributed by atoms with E-state index in [4.69, 9.17) is 0 Å². The van der Waals surface area contributed by atoms with Crippen molar-refractivity contribution in [1.82, 2.24) is 24.7 Å². The zero-order chi connectivity index (χ0) is 16.2. The minimum atomic E-state index is 0.836. The molecule has 3 aromatic heterocycles. The van der Waals surface area contributed by atoms with Gasteiger partial charge in [0.2, 0.25) is 0 Å². The Kier molecular flexibility index (Phi) is 4.20. The number of thioether (sulfide) groups is 1. The summed E-state index contributed by atoms with van der Waals surface area (Å²) in [7, 11) is 0. The van der Waals surface area contributed by atoms with E-state index in [9.17, 15) is 0 Å². The van der Waals surface area contributed by atoms with E-state index in [2.05, 4.69) is 20.1 Å². The van der Waals surface area contributed by atoms with E-state index in [-0.39, 0.29) is 0 Å². The van der Waals surface area contributed by atoms with Crippen molar-refractivity contribution in [3.8, 4) is 5.69 Å². The molecule has 118 valence electrons. The SMILES string of the molecule is c1ccc(-n2ncc3c(SCCc4ccncc4)ncnc32)cc1. The molecule has 5 nitrogen and oxygen atoms in total. The largest absolute Gasteiger partial charge is 0.265 e. The van der Waals surface area contributed by atoms with E-state index in [1.807, 2.05) is 65.7 Å². The summed E-state index contributed by atoms with van der Waals surface area (Å²) in [6.45, 7) is 0. The lowest BCUT2D eigenvalue weighted by Crippen LogP contribution is -1.97. The van der Waals surface area contributed by atoms with Crippen molar-refractivity contribution < 1.29 is 0 Å². The van der Waals surface area contributed by atoms with Gasteiger partial charge < -0.3 is 0 Å². The van der Waals surface area contributed by atoms with Gasteiger partial charge in [0.15, 0.2) is 5.65 Å². The Bertz CT molecular complexity index is 937. The molecule has 4 rings (SSSR count). The molecule has 0 bridgehead atoms. The van der Waals surface area contributed by atoms with E-state index < -0.39 is 0 Å². The zero-order valence-electron chi connectivity index (χ0n) is 12.9. The summed E-state index contributed by atoms with van der Waals surface area (Å²) in [6, 6.07) is 14.1. The molecule has 0 saturated carbocycles.